The van der Waals surface area contributed by atoms with Gasteiger partial charge in [-0.05, 0) is 25.0 Å². The highest BCUT2D eigenvalue weighted by atomic mass is 32.2. The topological polar surface area (TPSA) is 71.4 Å². The van der Waals surface area contributed by atoms with Crippen molar-refractivity contribution in [3.8, 4) is 0 Å². The van der Waals surface area contributed by atoms with E-state index in [1.54, 1.807) is 30.3 Å². The van der Waals surface area contributed by atoms with Gasteiger partial charge in [-0.1, -0.05) is 31.0 Å². The minimum Gasteiger partial charge on any atom is -0.481 e. The number of hydrogen-bond acceptors (Lipinski definition) is 3. The number of unbranched alkanes of at least 4 members (excludes halogenated alkanes) is 3. The van der Waals surface area contributed by atoms with E-state index in [0.29, 0.717) is 17.7 Å². The van der Waals surface area contributed by atoms with E-state index in [9.17, 15) is 13.2 Å². The average Bonchev–Trinajstić information content (AvgIpc) is 2.34. The van der Waals surface area contributed by atoms with E-state index < -0.39 is 15.8 Å². The van der Waals surface area contributed by atoms with Gasteiger partial charge in [0.25, 0.3) is 0 Å². The van der Waals surface area contributed by atoms with Crippen molar-refractivity contribution < 1.29 is 18.3 Å². The molecule has 4 nitrogen and oxygen atoms in total. The van der Waals surface area contributed by atoms with Crippen molar-refractivity contribution in [2.24, 2.45) is 0 Å². The van der Waals surface area contributed by atoms with Crippen molar-refractivity contribution >= 4 is 15.8 Å². The van der Waals surface area contributed by atoms with Crippen LogP contribution in [0.25, 0.3) is 0 Å². The molecule has 0 aromatic heterocycles. The Kier molecular flexibility index (Phi) is 5.85. The molecule has 0 saturated carbocycles. The predicted octanol–water partition coefficient (Wildman–Crippen LogP) is 2.50. The first kappa shape index (κ1) is 14.7. The molecule has 0 fully saturated rings. The number of aliphatic carboxylic acids is 1. The Hall–Kier alpha value is -1.36. The summed E-state index contributed by atoms with van der Waals surface area (Å²) in [4.78, 5) is 10.6. The molecule has 0 unspecified atom stereocenters. The normalized spacial score (nSPS) is 11.3. The highest BCUT2D eigenvalue weighted by Gasteiger charge is 2.12. The fourth-order valence-electron chi connectivity index (χ4n) is 1.67. The second kappa shape index (κ2) is 7.16. The van der Waals surface area contributed by atoms with Gasteiger partial charge in [0.2, 0.25) is 0 Å². The number of carbonyl (C=O) groups is 1. The lowest BCUT2D eigenvalue weighted by atomic mass is 10.2. The van der Waals surface area contributed by atoms with Crippen molar-refractivity contribution in [1.82, 2.24) is 0 Å². The van der Waals surface area contributed by atoms with Gasteiger partial charge in [-0.25, -0.2) is 8.42 Å². The molecular weight excluding hydrogens is 252 g/mol. The molecule has 18 heavy (non-hydrogen) atoms. The van der Waals surface area contributed by atoms with Crippen LogP contribution in [0.1, 0.15) is 32.1 Å². The molecule has 0 amide bonds. The summed E-state index contributed by atoms with van der Waals surface area (Å²) in [6, 6.07) is 8.39. The molecule has 0 radical (unpaired) electrons. The van der Waals surface area contributed by atoms with Crippen LogP contribution in [0.4, 0.5) is 0 Å². The molecule has 1 rings (SSSR count). The maximum atomic E-state index is 11.9. The predicted molar refractivity (Wildman–Crippen MR) is 69.2 cm³/mol. The van der Waals surface area contributed by atoms with Gasteiger partial charge < -0.3 is 5.11 Å². The van der Waals surface area contributed by atoms with Crippen LogP contribution in [0, 0.1) is 0 Å². The fourth-order valence-corrected chi connectivity index (χ4v) is 3.06. The van der Waals surface area contributed by atoms with E-state index in [4.69, 9.17) is 5.11 Å². The molecule has 0 atom stereocenters. The summed E-state index contributed by atoms with van der Waals surface area (Å²) < 4.78 is 23.8. The van der Waals surface area contributed by atoms with Crippen LogP contribution in [-0.2, 0) is 14.6 Å². The van der Waals surface area contributed by atoms with Gasteiger partial charge in [0.15, 0.2) is 9.84 Å². The zero-order valence-corrected chi connectivity index (χ0v) is 11.0. The number of benzene rings is 1. The molecule has 100 valence electrons. The summed E-state index contributed by atoms with van der Waals surface area (Å²) in [5.41, 5.74) is 0. The fraction of sp³-hybridized carbons (Fsp3) is 0.462. The summed E-state index contributed by atoms with van der Waals surface area (Å²) in [7, 11) is -3.18. The lowest BCUT2D eigenvalue weighted by Crippen LogP contribution is -2.06. The largest absolute Gasteiger partial charge is 0.481 e. The Balaban J connectivity index is 2.29. The van der Waals surface area contributed by atoms with Crippen LogP contribution >= 0.6 is 0 Å². The summed E-state index contributed by atoms with van der Waals surface area (Å²) >= 11 is 0. The Labute approximate surface area is 108 Å². The maximum absolute atomic E-state index is 11.9. The zero-order valence-electron chi connectivity index (χ0n) is 10.2. The van der Waals surface area contributed by atoms with Crippen LogP contribution in [0.2, 0.25) is 0 Å². The van der Waals surface area contributed by atoms with Crippen LogP contribution in [0.15, 0.2) is 35.2 Å². The highest BCUT2D eigenvalue weighted by molar-refractivity contribution is 7.91. The third-order valence-electron chi connectivity index (χ3n) is 2.66. The van der Waals surface area contributed by atoms with Crippen LogP contribution in [-0.4, -0.2) is 25.2 Å². The van der Waals surface area contributed by atoms with Gasteiger partial charge in [0.05, 0.1) is 10.6 Å². The maximum Gasteiger partial charge on any atom is 0.303 e. The average molecular weight is 270 g/mol. The molecular formula is C13H18O4S. The third-order valence-corrected chi connectivity index (χ3v) is 4.47. The van der Waals surface area contributed by atoms with Gasteiger partial charge >= 0.3 is 5.97 Å². The summed E-state index contributed by atoms with van der Waals surface area (Å²) in [5, 5.41) is 8.45. The Morgan fingerprint density at radius 1 is 1.00 bits per heavy atom. The zero-order chi connectivity index (χ0) is 13.4. The van der Waals surface area contributed by atoms with Crippen LogP contribution in [0.3, 0.4) is 0 Å². The van der Waals surface area contributed by atoms with E-state index in [0.717, 1.165) is 12.8 Å². The molecule has 1 N–H and O–H groups in total. The molecule has 0 saturated heterocycles. The molecule has 0 aliphatic rings. The summed E-state index contributed by atoms with van der Waals surface area (Å²) in [6.45, 7) is 0. The molecule has 0 spiro atoms. The second-order valence-electron chi connectivity index (χ2n) is 4.19. The minimum atomic E-state index is -3.18. The second-order valence-corrected chi connectivity index (χ2v) is 6.30. The van der Waals surface area contributed by atoms with Crippen molar-refractivity contribution in [2.75, 3.05) is 5.75 Å². The van der Waals surface area contributed by atoms with Crippen molar-refractivity contribution in [1.29, 1.82) is 0 Å². The van der Waals surface area contributed by atoms with Crippen molar-refractivity contribution in [3.05, 3.63) is 30.3 Å². The van der Waals surface area contributed by atoms with Gasteiger partial charge in [0, 0.05) is 6.42 Å². The van der Waals surface area contributed by atoms with Gasteiger partial charge in [-0.3, -0.25) is 4.79 Å². The Morgan fingerprint density at radius 3 is 2.22 bits per heavy atom. The van der Waals surface area contributed by atoms with Crippen molar-refractivity contribution in [2.45, 2.75) is 37.0 Å². The van der Waals surface area contributed by atoms with E-state index in [1.807, 2.05) is 0 Å². The van der Waals surface area contributed by atoms with Gasteiger partial charge in [0.1, 0.15) is 0 Å². The molecule has 0 aliphatic heterocycles. The first-order valence-corrected chi connectivity index (χ1v) is 7.67. The SMILES string of the molecule is O=C(O)CCCCCCS(=O)(=O)c1ccccc1. The van der Waals surface area contributed by atoms with E-state index >= 15 is 0 Å². The molecule has 1 aromatic carbocycles. The molecule has 5 heteroatoms. The highest BCUT2D eigenvalue weighted by Crippen LogP contribution is 2.13. The standard InChI is InChI=1S/C13H18O4S/c14-13(15)10-6-1-2-7-11-18(16,17)12-8-4-3-5-9-12/h3-5,8-9H,1-2,6-7,10-11H2,(H,14,15). The third kappa shape index (κ3) is 5.31. The van der Waals surface area contributed by atoms with Crippen LogP contribution < -0.4 is 0 Å². The smallest absolute Gasteiger partial charge is 0.303 e. The van der Waals surface area contributed by atoms with Crippen molar-refractivity contribution in [3.63, 3.8) is 0 Å². The van der Waals surface area contributed by atoms with E-state index in [-0.39, 0.29) is 12.2 Å². The lowest BCUT2D eigenvalue weighted by molar-refractivity contribution is -0.137. The minimum absolute atomic E-state index is 0.129. The first-order chi connectivity index (χ1) is 8.52. The lowest BCUT2D eigenvalue weighted by Gasteiger charge is -2.04. The molecule has 0 aliphatic carbocycles. The number of rotatable bonds is 8. The molecule has 1 aromatic rings. The summed E-state index contributed by atoms with van der Waals surface area (Å²) in [5.74, 6) is -0.670. The Morgan fingerprint density at radius 2 is 1.61 bits per heavy atom. The number of sulfone groups is 1. The van der Waals surface area contributed by atoms with Gasteiger partial charge in [-0.2, -0.15) is 0 Å². The number of carboxylic acids is 1. The Bertz CT molecular complexity index is 465. The van der Waals surface area contributed by atoms with E-state index in [2.05, 4.69) is 0 Å². The van der Waals surface area contributed by atoms with E-state index in [1.165, 1.54) is 0 Å². The first-order valence-electron chi connectivity index (χ1n) is 6.02. The van der Waals surface area contributed by atoms with Crippen LogP contribution in [0.5, 0.6) is 0 Å². The summed E-state index contributed by atoms with van der Waals surface area (Å²) in [6.07, 6.45) is 2.86. The number of carboxylic acid groups (broad SMARTS) is 1. The molecule has 0 heterocycles. The molecule has 0 bridgehead atoms. The monoisotopic (exact) mass is 270 g/mol. The quantitative estimate of drug-likeness (QED) is 0.737. The number of hydrogen-bond donors (Lipinski definition) is 1. The van der Waals surface area contributed by atoms with Gasteiger partial charge in [-0.15, -0.1) is 0 Å².